The van der Waals surface area contributed by atoms with E-state index in [0.29, 0.717) is 51.5 Å². The van der Waals surface area contributed by atoms with Crippen molar-refractivity contribution in [1.82, 2.24) is 14.9 Å². The summed E-state index contributed by atoms with van der Waals surface area (Å²) < 4.78 is 17.0. The highest BCUT2D eigenvalue weighted by molar-refractivity contribution is 6.08. The molecule has 3 heterocycles. The van der Waals surface area contributed by atoms with Gasteiger partial charge in [-0.15, -0.1) is 0 Å². The van der Waals surface area contributed by atoms with Gasteiger partial charge >= 0.3 is 0 Å². The second-order valence-electron chi connectivity index (χ2n) is 8.52. The minimum atomic E-state index is -0.709. The number of anilines is 1. The van der Waals surface area contributed by atoms with Gasteiger partial charge in [-0.05, 0) is 36.2 Å². The first-order valence-corrected chi connectivity index (χ1v) is 11.6. The van der Waals surface area contributed by atoms with Crippen LogP contribution in [0, 0.1) is 0 Å². The van der Waals surface area contributed by atoms with Gasteiger partial charge in [-0.3, -0.25) is 14.5 Å². The zero-order valence-electron chi connectivity index (χ0n) is 19.5. The maximum Gasteiger partial charge on any atom is 0.248 e. The monoisotopic (exact) mass is 477 g/mol. The number of primary amides is 1. The Morgan fingerprint density at radius 2 is 2.03 bits per heavy atom. The molecule has 1 aromatic heterocycles. The Balaban J connectivity index is 1.42. The first kappa shape index (κ1) is 23.0. The fourth-order valence-electron chi connectivity index (χ4n) is 4.57. The van der Waals surface area contributed by atoms with Gasteiger partial charge in [0.05, 0.1) is 38.1 Å². The Labute approximate surface area is 202 Å². The van der Waals surface area contributed by atoms with Gasteiger partial charge in [0.15, 0.2) is 11.5 Å². The number of hydrogen-bond donors (Lipinski definition) is 2. The van der Waals surface area contributed by atoms with Crippen molar-refractivity contribution in [2.45, 2.75) is 12.3 Å². The lowest BCUT2D eigenvalue weighted by atomic mass is 9.92. The second-order valence-corrected chi connectivity index (χ2v) is 8.52. The lowest BCUT2D eigenvalue weighted by Gasteiger charge is -2.26. The van der Waals surface area contributed by atoms with Crippen LogP contribution in [-0.4, -0.2) is 73.2 Å². The van der Waals surface area contributed by atoms with Crippen LogP contribution in [0.15, 0.2) is 36.7 Å². The Morgan fingerprint density at radius 1 is 1.20 bits per heavy atom. The van der Waals surface area contributed by atoms with E-state index < -0.39 is 11.8 Å². The van der Waals surface area contributed by atoms with E-state index in [1.54, 1.807) is 31.4 Å². The average Bonchev–Trinajstić information content (AvgIpc) is 3.21. The minimum absolute atomic E-state index is 0.232. The molecule has 0 radical (unpaired) electrons. The van der Waals surface area contributed by atoms with Crippen molar-refractivity contribution < 1.29 is 23.8 Å². The summed E-state index contributed by atoms with van der Waals surface area (Å²) in [6.45, 7) is 4.90. The zero-order valence-corrected chi connectivity index (χ0v) is 19.5. The third kappa shape index (κ3) is 4.62. The summed E-state index contributed by atoms with van der Waals surface area (Å²) in [6, 6.07) is 8.51. The summed E-state index contributed by atoms with van der Waals surface area (Å²) in [7, 11) is 1.57. The molecule has 2 aliphatic heterocycles. The summed E-state index contributed by atoms with van der Waals surface area (Å²) in [5.41, 5.74) is 8.21. The number of hydrogen-bond acceptors (Lipinski definition) is 8. The Kier molecular flexibility index (Phi) is 6.47. The van der Waals surface area contributed by atoms with Gasteiger partial charge in [0.25, 0.3) is 0 Å². The van der Waals surface area contributed by atoms with Crippen LogP contribution in [0.5, 0.6) is 11.5 Å². The maximum atomic E-state index is 12.9. The maximum absolute atomic E-state index is 12.9. The molecule has 2 aliphatic rings. The molecule has 5 rings (SSSR count). The molecule has 0 spiro atoms. The molecular formula is C25H27N5O5. The largest absolute Gasteiger partial charge is 0.493 e. The Hall–Kier alpha value is -3.76. The van der Waals surface area contributed by atoms with E-state index in [-0.39, 0.29) is 5.91 Å². The molecule has 10 heteroatoms. The fourth-order valence-corrected chi connectivity index (χ4v) is 4.57. The molecule has 3 N–H and O–H groups in total. The van der Waals surface area contributed by atoms with Gasteiger partial charge in [0.1, 0.15) is 12.2 Å². The Morgan fingerprint density at radius 3 is 2.80 bits per heavy atom. The lowest BCUT2D eigenvalue weighted by molar-refractivity contribution is -0.116. The molecule has 1 unspecified atom stereocenters. The van der Waals surface area contributed by atoms with Crippen molar-refractivity contribution in [3.8, 4) is 11.5 Å². The number of nitrogens with two attached hydrogens (primary N) is 1. The predicted molar refractivity (Wildman–Crippen MR) is 129 cm³/mol. The normalized spacial score (nSPS) is 17.7. The molecule has 3 aromatic rings. The van der Waals surface area contributed by atoms with Gasteiger partial charge < -0.3 is 25.3 Å². The van der Waals surface area contributed by atoms with Crippen molar-refractivity contribution in [3.05, 3.63) is 53.5 Å². The number of benzene rings is 2. The molecular weight excluding hydrogens is 450 g/mol. The second kappa shape index (κ2) is 9.85. The number of amides is 2. The fraction of sp³-hybridized carbons (Fsp3) is 0.360. The van der Waals surface area contributed by atoms with E-state index in [1.165, 1.54) is 6.33 Å². The van der Waals surface area contributed by atoms with Gasteiger partial charge in [-0.2, -0.15) is 0 Å². The van der Waals surface area contributed by atoms with Crippen LogP contribution >= 0.6 is 0 Å². The van der Waals surface area contributed by atoms with Gasteiger partial charge in [0, 0.05) is 42.3 Å². The highest BCUT2D eigenvalue weighted by Gasteiger charge is 2.35. The number of carbonyl (C=O) groups excluding carboxylic acids is 2. The summed E-state index contributed by atoms with van der Waals surface area (Å²) in [5.74, 6) is -0.386. The van der Waals surface area contributed by atoms with Crippen LogP contribution in [0.1, 0.15) is 34.0 Å². The number of fused-ring (bicyclic) bond motifs is 2. The van der Waals surface area contributed by atoms with Crippen LogP contribution in [0.2, 0.25) is 0 Å². The molecule has 1 fully saturated rings. The van der Waals surface area contributed by atoms with Gasteiger partial charge in [-0.1, -0.05) is 0 Å². The quantitative estimate of drug-likeness (QED) is 0.471. The lowest BCUT2D eigenvalue weighted by Crippen LogP contribution is -2.37. The van der Waals surface area contributed by atoms with E-state index in [2.05, 4.69) is 20.2 Å². The number of rotatable bonds is 8. The number of carbonyl (C=O) groups is 2. The number of methoxy groups -OCH3 is 1. The number of morpholine rings is 1. The van der Waals surface area contributed by atoms with Crippen molar-refractivity contribution in [1.29, 1.82) is 0 Å². The SMILES string of the molecule is COc1cc2c(C3C(=O)Nc4ccc(C(N)=O)cc43)ncnc2cc1OCCCN1CCOCC1. The first-order chi connectivity index (χ1) is 17.0. The molecule has 1 saturated heterocycles. The molecule has 35 heavy (non-hydrogen) atoms. The smallest absolute Gasteiger partial charge is 0.248 e. The first-order valence-electron chi connectivity index (χ1n) is 11.6. The molecule has 1 atom stereocenters. The number of ether oxygens (including phenoxy) is 3. The van der Waals surface area contributed by atoms with E-state index >= 15 is 0 Å². The summed E-state index contributed by atoms with van der Waals surface area (Å²) >= 11 is 0. The zero-order chi connectivity index (χ0) is 24.4. The molecule has 0 saturated carbocycles. The summed E-state index contributed by atoms with van der Waals surface area (Å²) in [6.07, 6.45) is 2.30. The topological polar surface area (TPSA) is 129 Å². The average molecular weight is 478 g/mol. The Bertz CT molecular complexity index is 1270. The number of aromatic nitrogens is 2. The molecule has 0 aliphatic carbocycles. The molecule has 182 valence electrons. The van der Waals surface area contributed by atoms with Crippen molar-refractivity contribution in [2.75, 3.05) is 51.9 Å². The molecule has 2 amide bonds. The highest BCUT2D eigenvalue weighted by atomic mass is 16.5. The van der Waals surface area contributed by atoms with Crippen LogP contribution in [0.3, 0.4) is 0 Å². The van der Waals surface area contributed by atoms with Crippen molar-refractivity contribution >= 4 is 28.4 Å². The molecule has 10 nitrogen and oxygen atoms in total. The third-order valence-electron chi connectivity index (χ3n) is 6.37. The van der Waals surface area contributed by atoms with Crippen LogP contribution < -0.4 is 20.5 Å². The summed E-state index contributed by atoms with van der Waals surface area (Å²) in [4.78, 5) is 35.8. The van der Waals surface area contributed by atoms with E-state index in [0.717, 1.165) is 39.3 Å². The van der Waals surface area contributed by atoms with Crippen LogP contribution in [0.25, 0.3) is 10.9 Å². The van der Waals surface area contributed by atoms with Crippen molar-refractivity contribution in [3.63, 3.8) is 0 Å². The highest BCUT2D eigenvalue weighted by Crippen LogP contribution is 2.41. The number of nitrogens with one attached hydrogen (secondary N) is 1. The molecule has 2 aromatic carbocycles. The van der Waals surface area contributed by atoms with Gasteiger partial charge in [0.2, 0.25) is 11.8 Å². The van der Waals surface area contributed by atoms with E-state index in [9.17, 15) is 9.59 Å². The van der Waals surface area contributed by atoms with Crippen molar-refractivity contribution in [2.24, 2.45) is 5.73 Å². The van der Waals surface area contributed by atoms with Crippen LogP contribution in [-0.2, 0) is 9.53 Å². The number of nitrogens with zero attached hydrogens (tertiary/aromatic N) is 3. The minimum Gasteiger partial charge on any atom is -0.493 e. The third-order valence-corrected chi connectivity index (χ3v) is 6.37. The van der Waals surface area contributed by atoms with E-state index in [4.69, 9.17) is 19.9 Å². The summed E-state index contributed by atoms with van der Waals surface area (Å²) in [5, 5.41) is 3.53. The standard InChI is InChI=1S/C25H27N5O5/c1-33-20-12-17-19(13-21(20)35-8-2-5-30-6-9-34-10-7-30)27-14-28-23(17)22-16-11-15(24(26)31)3-4-18(16)29-25(22)32/h3-4,11-14,22H,2,5-10H2,1H3,(H2,26,31)(H,29,32). The predicted octanol–water partition coefficient (Wildman–Crippen LogP) is 1.92. The van der Waals surface area contributed by atoms with E-state index in [1.807, 2.05) is 6.07 Å². The van der Waals surface area contributed by atoms with Gasteiger partial charge in [-0.25, -0.2) is 9.97 Å². The van der Waals surface area contributed by atoms with Crippen LogP contribution in [0.4, 0.5) is 5.69 Å². The molecule has 0 bridgehead atoms.